The minimum Gasteiger partial charge on any atom is -0.378 e. The van der Waals surface area contributed by atoms with Crippen LogP contribution in [0.3, 0.4) is 0 Å². The lowest BCUT2D eigenvalue weighted by Gasteiger charge is -2.36. The molecule has 12 nitrogen and oxygen atoms in total. The summed E-state index contributed by atoms with van der Waals surface area (Å²) in [6.07, 6.45) is -5.17. The maximum Gasteiger partial charge on any atom is 0.471 e. The highest BCUT2D eigenvalue weighted by atomic mass is 31.2. The summed E-state index contributed by atoms with van der Waals surface area (Å²) in [6, 6.07) is 0.212. The molecule has 1 aliphatic rings. The van der Waals surface area contributed by atoms with E-state index in [9.17, 15) is 27.6 Å². The van der Waals surface area contributed by atoms with Gasteiger partial charge in [0.1, 0.15) is 18.9 Å². The Kier molecular flexibility index (Phi) is 13.2. The smallest absolute Gasteiger partial charge is 0.378 e. The Hall–Kier alpha value is -2.34. The average Bonchev–Trinajstić information content (AvgIpc) is 3.27. The van der Waals surface area contributed by atoms with Gasteiger partial charge >= 0.3 is 17.8 Å². The molecule has 0 radical (unpaired) electrons. The van der Waals surface area contributed by atoms with Gasteiger partial charge in [0, 0.05) is 43.9 Å². The lowest BCUT2D eigenvalue weighted by molar-refractivity contribution is -0.173. The number of methoxy groups -OCH3 is 1. The molecular weight excluding hydrogens is 558 g/mol. The Balaban J connectivity index is 2.11. The predicted molar refractivity (Wildman–Crippen MR) is 140 cm³/mol. The molecule has 0 spiro atoms. The first-order valence-electron chi connectivity index (χ1n) is 12.8. The summed E-state index contributed by atoms with van der Waals surface area (Å²) < 4.78 is 64.1. The maximum atomic E-state index is 12.6. The number of nitrogens with one attached hydrogen (secondary N) is 2. The summed E-state index contributed by atoms with van der Waals surface area (Å²) in [5.74, 6) is -2.06. The van der Waals surface area contributed by atoms with Gasteiger partial charge in [0.2, 0.25) is 6.54 Å². The molecule has 1 saturated heterocycles. The average molecular weight is 596 g/mol. The highest BCUT2D eigenvalue weighted by molar-refractivity contribution is 7.44. The van der Waals surface area contributed by atoms with Crippen LogP contribution >= 0.6 is 8.53 Å². The van der Waals surface area contributed by atoms with Gasteiger partial charge in [-0.3, -0.25) is 19.1 Å². The summed E-state index contributed by atoms with van der Waals surface area (Å²) >= 11 is 0. The molecule has 40 heavy (non-hydrogen) atoms. The second-order valence-corrected chi connectivity index (χ2v) is 11.1. The van der Waals surface area contributed by atoms with Gasteiger partial charge in [-0.05, 0) is 40.5 Å². The topological polar surface area (TPSA) is 128 Å². The first-order valence-corrected chi connectivity index (χ1v) is 14.0. The van der Waals surface area contributed by atoms with Gasteiger partial charge in [-0.1, -0.05) is 0 Å². The van der Waals surface area contributed by atoms with Gasteiger partial charge in [-0.15, -0.1) is 0 Å². The van der Waals surface area contributed by atoms with E-state index in [0.29, 0.717) is 0 Å². The van der Waals surface area contributed by atoms with Crippen molar-refractivity contribution >= 4 is 14.4 Å². The van der Waals surface area contributed by atoms with Crippen LogP contribution in [-0.2, 0) is 29.7 Å². The van der Waals surface area contributed by atoms with E-state index < -0.39 is 50.3 Å². The molecule has 2 N–H and O–H groups in total. The first kappa shape index (κ1) is 33.9. The number of H-pyrrole nitrogens is 1. The fraction of sp³-hybridized carbons (Fsp3) is 0.750. The van der Waals surface area contributed by atoms with E-state index in [0.717, 1.165) is 0 Å². The van der Waals surface area contributed by atoms with Crippen molar-refractivity contribution in [3.8, 4) is 0 Å². The summed E-state index contributed by atoms with van der Waals surface area (Å²) in [5, 5.41) is 1.75. The fourth-order valence-corrected chi connectivity index (χ4v) is 5.82. The van der Waals surface area contributed by atoms with Crippen LogP contribution in [0.2, 0.25) is 0 Å². The lowest BCUT2D eigenvalue weighted by atomic mass is 10.1. The van der Waals surface area contributed by atoms with E-state index in [1.54, 1.807) is 5.32 Å². The molecule has 2 rings (SSSR count). The number of aromatic nitrogens is 2. The molecule has 1 aromatic heterocycles. The van der Waals surface area contributed by atoms with Gasteiger partial charge in [0.25, 0.3) is 14.1 Å². The molecule has 1 fully saturated rings. The quantitative estimate of drug-likeness (QED) is 0.180. The Morgan fingerprint density at radius 3 is 2.55 bits per heavy atom. The molecule has 2 heterocycles. The number of rotatable bonds is 15. The number of nitrogens with zero attached hydrogens (tertiary/aromatic N) is 3. The molecule has 0 aromatic carbocycles. The number of aromatic amines is 1. The van der Waals surface area contributed by atoms with Crippen LogP contribution in [0.5, 0.6) is 0 Å². The minimum atomic E-state index is -4.99. The van der Waals surface area contributed by atoms with Crippen molar-refractivity contribution in [2.24, 2.45) is 0 Å². The lowest BCUT2D eigenvalue weighted by Crippen LogP contribution is -2.37. The Labute approximate surface area is 231 Å². The molecule has 0 saturated carbocycles. The molecule has 226 valence electrons. The van der Waals surface area contributed by atoms with Crippen LogP contribution in [0.15, 0.2) is 15.8 Å². The van der Waals surface area contributed by atoms with Crippen LogP contribution in [-0.4, -0.2) is 84.0 Å². The Morgan fingerprint density at radius 1 is 1.30 bits per heavy atom. The van der Waals surface area contributed by atoms with E-state index in [4.69, 9.17) is 25.1 Å². The van der Waals surface area contributed by atoms with E-state index in [1.165, 1.54) is 17.9 Å². The standard InChI is InChI=1S/C24H37F3N5O7P/c1-15(2)32(16(3)4)40(37-11-10-28-5)38-14-19-18(36-6)12-20(39-19)31-13-17(21(33)30-23(31)35)8-7-9-29-22(34)24(25,26)27/h13,15-16,18-20H,7-12,14H2,1-4,6H3,(H,29,34)(H,30,33,35)/t18?,19-,20?,40?/m1/s1. The number of amides is 1. The summed E-state index contributed by atoms with van der Waals surface area (Å²) in [6.45, 7) is 15.3. The molecular formula is C24H37F3N5O7P. The summed E-state index contributed by atoms with van der Waals surface area (Å²) in [4.78, 5) is 41.4. The first-order chi connectivity index (χ1) is 18.8. The zero-order chi connectivity index (χ0) is 30.0. The minimum absolute atomic E-state index is 0.0210. The molecule has 16 heteroatoms. The van der Waals surface area contributed by atoms with Crippen LogP contribution in [0, 0.1) is 6.57 Å². The van der Waals surface area contributed by atoms with Gasteiger partial charge in [-0.25, -0.2) is 16.0 Å². The summed E-state index contributed by atoms with van der Waals surface area (Å²) in [5.41, 5.74) is -1.23. The number of aryl methyl sites for hydroxylation is 1. The zero-order valence-corrected chi connectivity index (χ0v) is 24.1. The van der Waals surface area contributed by atoms with Crippen molar-refractivity contribution < 1.29 is 36.5 Å². The number of carbonyl (C=O) groups is 1. The number of ether oxygens (including phenoxy) is 2. The second-order valence-electron chi connectivity index (χ2n) is 9.63. The van der Waals surface area contributed by atoms with Crippen molar-refractivity contribution in [3.63, 3.8) is 0 Å². The molecule has 0 aliphatic carbocycles. The van der Waals surface area contributed by atoms with E-state index in [-0.39, 0.29) is 63.2 Å². The highest BCUT2D eigenvalue weighted by Gasteiger charge is 2.39. The molecule has 1 aliphatic heterocycles. The van der Waals surface area contributed by atoms with Crippen molar-refractivity contribution in [1.29, 1.82) is 0 Å². The number of alkyl halides is 3. The molecule has 0 bridgehead atoms. The molecule has 4 atom stereocenters. The van der Waals surface area contributed by atoms with Crippen molar-refractivity contribution in [2.75, 3.05) is 33.4 Å². The molecule has 3 unspecified atom stereocenters. The van der Waals surface area contributed by atoms with Crippen molar-refractivity contribution in [2.45, 2.75) is 83.7 Å². The SMILES string of the molecule is [C-]#[N+]CCOP(OC[C@H]1OC(n2cc(CCCNC(=O)C(F)(F)F)c(=O)[nH]c2=O)CC1OC)N(C(C)C)C(C)C. The molecule has 1 aromatic rings. The normalized spacial score (nSPS) is 20.3. The van der Waals surface area contributed by atoms with E-state index >= 15 is 0 Å². The number of halogens is 3. The van der Waals surface area contributed by atoms with Crippen LogP contribution in [0.4, 0.5) is 13.2 Å². The Bertz CT molecular complexity index is 1110. The largest absolute Gasteiger partial charge is 0.471 e. The maximum absolute atomic E-state index is 12.6. The van der Waals surface area contributed by atoms with Gasteiger partial charge in [-0.2, -0.15) is 13.2 Å². The Morgan fingerprint density at radius 2 is 1.98 bits per heavy atom. The second kappa shape index (κ2) is 15.6. The zero-order valence-electron chi connectivity index (χ0n) is 23.2. The third-order valence-corrected chi connectivity index (χ3v) is 8.08. The monoisotopic (exact) mass is 595 g/mol. The van der Waals surface area contributed by atoms with Gasteiger partial charge in [0.15, 0.2) is 0 Å². The molecule has 1 amide bonds. The van der Waals surface area contributed by atoms with E-state index in [2.05, 4.69) is 14.5 Å². The predicted octanol–water partition coefficient (Wildman–Crippen LogP) is 2.75. The third-order valence-electron chi connectivity index (χ3n) is 6.00. The van der Waals surface area contributed by atoms with Crippen LogP contribution < -0.4 is 16.6 Å². The number of carbonyl (C=O) groups excluding carboxylic acids is 1. The van der Waals surface area contributed by atoms with Crippen molar-refractivity contribution in [3.05, 3.63) is 44.0 Å². The van der Waals surface area contributed by atoms with Gasteiger partial charge in [0.05, 0.1) is 12.7 Å². The number of hydrogen-bond donors (Lipinski definition) is 2. The van der Waals surface area contributed by atoms with Crippen molar-refractivity contribution in [1.82, 2.24) is 19.5 Å². The van der Waals surface area contributed by atoms with Crippen LogP contribution in [0.1, 0.15) is 52.3 Å². The van der Waals surface area contributed by atoms with Gasteiger partial charge < -0.3 is 28.7 Å². The van der Waals surface area contributed by atoms with E-state index in [1.807, 2.05) is 27.7 Å². The number of hydrogen-bond acceptors (Lipinski definition) is 8. The third kappa shape index (κ3) is 9.64. The summed E-state index contributed by atoms with van der Waals surface area (Å²) in [7, 11) is -0.0185. The van der Waals surface area contributed by atoms with Crippen LogP contribution in [0.25, 0.3) is 4.85 Å². The fourth-order valence-electron chi connectivity index (χ4n) is 4.22. The highest BCUT2D eigenvalue weighted by Crippen LogP contribution is 2.46.